The number of hydrogen-bond donors (Lipinski definition) is 2. The molecule has 5 heteroatoms. The molecule has 1 aromatic carbocycles. The number of nitrogens with one attached hydrogen (secondary N) is 1. The molecule has 1 amide bonds. The molecule has 120 valence electrons. The molecule has 0 unspecified atom stereocenters. The van der Waals surface area contributed by atoms with E-state index < -0.39 is 6.09 Å². The first-order valence-electron chi connectivity index (χ1n) is 7.45. The Morgan fingerprint density at radius 1 is 1.22 bits per heavy atom. The summed E-state index contributed by atoms with van der Waals surface area (Å²) in [6, 6.07) is 13.2. The SMILES string of the molecule is O=C(NCCC=Cc1ccc(CO)nc1)OCc1ccccc1. The monoisotopic (exact) mass is 312 g/mol. The highest BCUT2D eigenvalue weighted by Crippen LogP contribution is 2.03. The number of amides is 1. The van der Waals surface area contributed by atoms with E-state index in [-0.39, 0.29) is 13.2 Å². The molecule has 2 N–H and O–H groups in total. The third-order valence-electron chi connectivity index (χ3n) is 3.11. The van der Waals surface area contributed by atoms with Crippen molar-refractivity contribution in [3.8, 4) is 0 Å². The van der Waals surface area contributed by atoms with Crippen LogP contribution in [0, 0.1) is 0 Å². The molecule has 1 aromatic heterocycles. The molecule has 0 aliphatic carbocycles. The fourth-order valence-electron chi connectivity index (χ4n) is 1.88. The molecule has 0 saturated heterocycles. The van der Waals surface area contributed by atoms with Crippen molar-refractivity contribution < 1.29 is 14.6 Å². The Hall–Kier alpha value is -2.66. The normalized spacial score (nSPS) is 10.7. The van der Waals surface area contributed by atoms with Crippen molar-refractivity contribution in [2.75, 3.05) is 6.54 Å². The van der Waals surface area contributed by atoms with Crippen molar-refractivity contribution in [3.05, 3.63) is 71.6 Å². The van der Waals surface area contributed by atoms with Crippen LogP contribution in [-0.4, -0.2) is 22.7 Å². The predicted octanol–water partition coefficient (Wildman–Crippen LogP) is 2.90. The minimum atomic E-state index is -0.420. The van der Waals surface area contributed by atoms with Gasteiger partial charge in [-0.05, 0) is 23.6 Å². The first kappa shape index (κ1) is 16.7. The molecule has 0 radical (unpaired) electrons. The van der Waals surface area contributed by atoms with Crippen LogP contribution in [0.3, 0.4) is 0 Å². The highest BCUT2D eigenvalue weighted by molar-refractivity contribution is 5.67. The summed E-state index contributed by atoms with van der Waals surface area (Å²) in [5.74, 6) is 0. The van der Waals surface area contributed by atoms with Gasteiger partial charge in [-0.1, -0.05) is 48.6 Å². The van der Waals surface area contributed by atoms with Crippen LogP contribution in [0.1, 0.15) is 23.2 Å². The maximum atomic E-state index is 11.5. The Kier molecular flexibility index (Phi) is 6.81. The van der Waals surface area contributed by atoms with Gasteiger partial charge in [-0.2, -0.15) is 0 Å². The average molecular weight is 312 g/mol. The number of pyridine rings is 1. The van der Waals surface area contributed by atoms with Crippen molar-refractivity contribution in [2.45, 2.75) is 19.6 Å². The summed E-state index contributed by atoms with van der Waals surface area (Å²) in [6.07, 6.45) is 5.85. The second kappa shape index (κ2) is 9.38. The van der Waals surface area contributed by atoms with Gasteiger partial charge in [0.15, 0.2) is 0 Å². The number of aliphatic hydroxyl groups excluding tert-OH is 1. The number of benzene rings is 1. The van der Waals surface area contributed by atoms with Gasteiger partial charge < -0.3 is 15.2 Å². The predicted molar refractivity (Wildman–Crippen MR) is 88.4 cm³/mol. The van der Waals surface area contributed by atoms with Crippen LogP contribution in [0.15, 0.2) is 54.7 Å². The highest BCUT2D eigenvalue weighted by atomic mass is 16.5. The molecule has 0 saturated carbocycles. The molecule has 0 aliphatic heterocycles. The van der Waals surface area contributed by atoms with Gasteiger partial charge in [0.2, 0.25) is 0 Å². The summed E-state index contributed by atoms with van der Waals surface area (Å²) >= 11 is 0. The van der Waals surface area contributed by atoms with Crippen LogP contribution in [0.5, 0.6) is 0 Å². The molecule has 0 atom stereocenters. The van der Waals surface area contributed by atoms with E-state index in [0.717, 1.165) is 11.1 Å². The average Bonchev–Trinajstić information content (AvgIpc) is 2.61. The number of alkyl carbamates (subject to hydrolysis) is 1. The number of nitrogens with zero attached hydrogens (tertiary/aromatic N) is 1. The molecular formula is C18H20N2O3. The quantitative estimate of drug-likeness (QED) is 0.771. The molecule has 23 heavy (non-hydrogen) atoms. The van der Waals surface area contributed by atoms with E-state index in [1.807, 2.05) is 48.6 Å². The number of carbonyl (C=O) groups is 1. The first-order valence-corrected chi connectivity index (χ1v) is 7.45. The number of aliphatic hydroxyl groups is 1. The van der Waals surface area contributed by atoms with Crippen molar-refractivity contribution in [2.24, 2.45) is 0 Å². The number of carbonyl (C=O) groups excluding carboxylic acids is 1. The summed E-state index contributed by atoms with van der Waals surface area (Å²) in [5.41, 5.74) is 2.56. The van der Waals surface area contributed by atoms with Gasteiger partial charge in [-0.15, -0.1) is 0 Å². The molecular weight excluding hydrogens is 292 g/mol. The lowest BCUT2D eigenvalue weighted by atomic mass is 10.2. The summed E-state index contributed by atoms with van der Waals surface area (Å²) in [5, 5.41) is 11.6. The summed E-state index contributed by atoms with van der Waals surface area (Å²) < 4.78 is 5.11. The molecule has 0 aliphatic rings. The zero-order chi connectivity index (χ0) is 16.3. The van der Waals surface area contributed by atoms with Crippen molar-refractivity contribution in [3.63, 3.8) is 0 Å². The van der Waals surface area contributed by atoms with Crippen molar-refractivity contribution >= 4 is 12.2 Å². The number of rotatable bonds is 7. The zero-order valence-corrected chi connectivity index (χ0v) is 12.8. The van der Waals surface area contributed by atoms with Gasteiger partial charge in [0.05, 0.1) is 12.3 Å². The first-order chi connectivity index (χ1) is 11.3. The van der Waals surface area contributed by atoms with E-state index in [2.05, 4.69) is 10.3 Å². The van der Waals surface area contributed by atoms with E-state index >= 15 is 0 Å². The lowest BCUT2D eigenvalue weighted by Crippen LogP contribution is -2.24. The van der Waals surface area contributed by atoms with E-state index in [1.54, 1.807) is 12.3 Å². The molecule has 0 bridgehead atoms. The molecule has 2 rings (SSSR count). The molecule has 2 aromatic rings. The fraction of sp³-hybridized carbons (Fsp3) is 0.222. The van der Waals surface area contributed by atoms with E-state index in [4.69, 9.17) is 9.84 Å². The van der Waals surface area contributed by atoms with Crippen LogP contribution in [0.25, 0.3) is 6.08 Å². The zero-order valence-electron chi connectivity index (χ0n) is 12.8. The van der Waals surface area contributed by atoms with Gasteiger partial charge in [0.1, 0.15) is 6.61 Å². The smallest absolute Gasteiger partial charge is 0.407 e. The third-order valence-corrected chi connectivity index (χ3v) is 3.11. The van der Waals surface area contributed by atoms with Crippen LogP contribution in [0.4, 0.5) is 4.79 Å². The second-order valence-corrected chi connectivity index (χ2v) is 4.92. The van der Waals surface area contributed by atoms with Crippen LogP contribution < -0.4 is 5.32 Å². The minimum absolute atomic E-state index is 0.0565. The largest absolute Gasteiger partial charge is 0.445 e. The standard InChI is InChI=1S/C18H20N2O3/c21-13-17-10-9-15(12-20-17)6-4-5-11-19-18(22)23-14-16-7-2-1-3-8-16/h1-4,6-10,12,21H,5,11,13-14H2,(H,19,22). The minimum Gasteiger partial charge on any atom is -0.445 e. The van der Waals surface area contributed by atoms with Crippen LogP contribution in [-0.2, 0) is 18.0 Å². The topological polar surface area (TPSA) is 71.5 Å². The lowest BCUT2D eigenvalue weighted by Gasteiger charge is -2.05. The Balaban J connectivity index is 1.62. The number of ether oxygens (including phenoxy) is 1. The van der Waals surface area contributed by atoms with E-state index in [1.165, 1.54) is 0 Å². The maximum absolute atomic E-state index is 11.5. The number of aromatic nitrogens is 1. The Morgan fingerprint density at radius 2 is 2.04 bits per heavy atom. The lowest BCUT2D eigenvalue weighted by molar-refractivity contribution is 0.140. The van der Waals surface area contributed by atoms with Crippen LogP contribution >= 0.6 is 0 Å². The van der Waals surface area contributed by atoms with E-state index in [0.29, 0.717) is 18.7 Å². The molecule has 5 nitrogen and oxygen atoms in total. The van der Waals surface area contributed by atoms with Gasteiger partial charge in [-0.3, -0.25) is 4.98 Å². The van der Waals surface area contributed by atoms with Crippen molar-refractivity contribution in [1.82, 2.24) is 10.3 Å². The Labute approximate surface area is 135 Å². The summed E-state index contributed by atoms with van der Waals surface area (Å²) in [6.45, 7) is 0.719. The third kappa shape index (κ3) is 6.32. The maximum Gasteiger partial charge on any atom is 0.407 e. The Morgan fingerprint density at radius 3 is 2.74 bits per heavy atom. The Bertz CT molecular complexity index is 624. The summed E-state index contributed by atoms with van der Waals surface area (Å²) in [4.78, 5) is 15.6. The van der Waals surface area contributed by atoms with Gasteiger partial charge in [0.25, 0.3) is 0 Å². The van der Waals surface area contributed by atoms with Gasteiger partial charge in [-0.25, -0.2) is 4.79 Å². The van der Waals surface area contributed by atoms with Gasteiger partial charge in [0, 0.05) is 12.7 Å². The molecule has 0 spiro atoms. The van der Waals surface area contributed by atoms with Crippen LogP contribution in [0.2, 0.25) is 0 Å². The fourth-order valence-corrected chi connectivity index (χ4v) is 1.88. The van der Waals surface area contributed by atoms with Gasteiger partial charge >= 0.3 is 6.09 Å². The van der Waals surface area contributed by atoms with Crippen molar-refractivity contribution in [1.29, 1.82) is 0 Å². The number of hydrogen-bond acceptors (Lipinski definition) is 4. The van der Waals surface area contributed by atoms with E-state index in [9.17, 15) is 4.79 Å². The second-order valence-electron chi connectivity index (χ2n) is 4.92. The summed E-state index contributed by atoms with van der Waals surface area (Å²) in [7, 11) is 0. The molecule has 1 heterocycles. The highest BCUT2D eigenvalue weighted by Gasteiger charge is 2.00. The molecule has 0 fully saturated rings.